The van der Waals surface area contributed by atoms with Crippen molar-refractivity contribution in [3.63, 3.8) is 0 Å². The van der Waals surface area contributed by atoms with Gasteiger partial charge in [-0.15, -0.1) is 12.3 Å². The molecule has 4 nitrogen and oxygen atoms in total. The average molecular weight is 312 g/mol. The molecule has 0 bridgehead atoms. The van der Waals surface area contributed by atoms with Crippen LogP contribution in [-0.2, 0) is 0 Å². The summed E-state index contributed by atoms with van der Waals surface area (Å²) >= 11 is 0. The molecule has 0 saturated heterocycles. The molecule has 2 aromatic rings. The van der Waals surface area contributed by atoms with Crippen molar-refractivity contribution in [2.24, 2.45) is 0 Å². The van der Waals surface area contributed by atoms with Crippen LogP contribution in [0.4, 0.5) is 14.9 Å². The molecule has 118 valence electrons. The van der Waals surface area contributed by atoms with Gasteiger partial charge in [0.05, 0.1) is 13.2 Å². The number of terminal acetylenes is 1. The maximum Gasteiger partial charge on any atom is 0.319 e. The topological polar surface area (TPSA) is 50.4 Å². The molecule has 0 fully saturated rings. The number of carbonyl (C=O) groups excluding carboxylic acids is 1. The summed E-state index contributed by atoms with van der Waals surface area (Å²) in [6.45, 7) is 0. The Morgan fingerprint density at radius 1 is 1.30 bits per heavy atom. The number of hydrogen-bond acceptors (Lipinski definition) is 2. The van der Waals surface area contributed by atoms with Crippen LogP contribution < -0.4 is 15.4 Å². The third-order valence-electron chi connectivity index (χ3n) is 3.24. The lowest BCUT2D eigenvalue weighted by molar-refractivity contribution is 0.248. The molecule has 5 heteroatoms. The van der Waals surface area contributed by atoms with Gasteiger partial charge in [0.1, 0.15) is 0 Å². The summed E-state index contributed by atoms with van der Waals surface area (Å²) in [7, 11) is 1.38. The Bertz CT molecular complexity index is 711. The number of halogens is 1. The van der Waals surface area contributed by atoms with Gasteiger partial charge in [-0.25, -0.2) is 9.18 Å². The normalized spacial score (nSPS) is 11.2. The number of amides is 2. The van der Waals surface area contributed by atoms with Gasteiger partial charge in [-0.2, -0.15) is 0 Å². The standard InChI is InChI=1S/C18H17FN2O2/c1-3-7-16(13-8-5-4-6-9-13)21-18(22)20-14-10-11-17(23-2)15(19)12-14/h1,4-6,8-12,16H,7H2,2H3,(H2,20,21,22). The first kappa shape index (κ1) is 16.4. The molecule has 0 spiro atoms. The molecule has 23 heavy (non-hydrogen) atoms. The Morgan fingerprint density at radius 3 is 2.65 bits per heavy atom. The first-order valence-corrected chi connectivity index (χ1v) is 7.03. The predicted molar refractivity (Wildman–Crippen MR) is 87.7 cm³/mol. The second kappa shape index (κ2) is 7.85. The van der Waals surface area contributed by atoms with Crippen molar-refractivity contribution in [2.75, 3.05) is 12.4 Å². The zero-order chi connectivity index (χ0) is 16.7. The first-order chi connectivity index (χ1) is 11.1. The number of benzene rings is 2. The minimum absolute atomic E-state index is 0.116. The van der Waals surface area contributed by atoms with E-state index in [4.69, 9.17) is 11.2 Å². The fourth-order valence-electron chi connectivity index (χ4n) is 2.12. The molecule has 0 aliphatic heterocycles. The molecule has 2 aromatic carbocycles. The number of urea groups is 1. The summed E-state index contributed by atoms with van der Waals surface area (Å²) in [4.78, 5) is 12.1. The van der Waals surface area contributed by atoms with Gasteiger partial charge in [0, 0.05) is 18.2 Å². The zero-order valence-electron chi connectivity index (χ0n) is 12.7. The van der Waals surface area contributed by atoms with Crippen LogP contribution >= 0.6 is 0 Å². The zero-order valence-corrected chi connectivity index (χ0v) is 12.7. The maximum absolute atomic E-state index is 13.6. The van der Waals surface area contributed by atoms with Crippen LogP contribution in [0.15, 0.2) is 48.5 Å². The van der Waals surface area contributed by atoms with Gasteiger partial charge in [0.2, 0.25) is 0 Å². The molecular formula is C18H17FN2O2. The number of rotatable bonds is 5. The van der Waals surface area contributed by atoms with Crippen LogP contribution in [0.3, 0.4) is 0 Å². The molecule has 1 unspecified atom stereocenters. The summed E-state index contributed by atoms with van der Waals surface area (Å²) in [5, 5.41) is 5.36. The van der Waals surface area contributed by atoms with Crippen LogP contribution in [0, 0.1) is 18.2 Å². The smallest absolute Gasteiger partial charge is 0.319 e. The van der Waals surface area contributed by atoms with Gasteiger partial charge in [-0.05, 0) is 17.7 Å². The van der Waals surface area contributed by atoms with Crippen molar-refractivity contribution in [3.8, 4) is 18.1 Å². The lowest BCUT2D eigenvalue weighted by Crippen LogP contribution is -2.32. The summed E-state index contributed by atoms with van der Waals surface area (Å²) in [6.07, 6.45) is 5.72. The Morgan fingerprint density at radius 2 is 2.04 bits per heavy atom. The highest BCUT2D eigenvalue weighted by Crippen LogP contribution is 2.21. The minimum atomic E-state index is -0.548. The van der Waals surface area contributed by atoms with E-state index in [0.717, 1.165) is 5.56 Å². The third-order valence-corrected chi connectivity index (χ3v) is 3.24. The van der Waals surface area contributed by atoms with E-state index in [1.54, 1.807) is 6.07 Å². The van der Waals surface area contributed by atoms with E-state index in [-0.39, 0.29) is 11.8 Å². The second-order valence-electron chi connectivity index (χ2n) is 4.82. The van der Waals surface area contributed by atoms with Crippen LogP contribution in [0.25, 0.3) is 0 Å². The highest BCUT2D eigenvalue weighted by atomic mass is 19.1. The number of ether oxygens (including phenoxy) is 1. The number of hydrogen-bond donors (Lipinski definition) is 2. The summed E-state index contributed by atoms with van der Waals surface area (Å²) in [5.41, 5.74) is 1.23. The van der Waals surface area contributed by atoms with Gasteiger partial charge < -0.3 is 15.4 Å². The van der Waals surface area contributed by atoms with Gasteiger partial charge in [0.15, 0.2) is 11.6 Å². The highest BCUT2D eigenvalue weighted by Gasteiger charge is 2.14. The van der Waals surface area contributed by atoms with Crippen LogP contribution in [0.5, 0.6) is 5.75 Å². The van der Waals surface area contributed by atoms with E-state index in [2.05, 4.69) is 16.6 Å². The molecule has 2 N–H and O–H groups in total. The molecule has 0 aliphatic rings. The highest BCUT2D eigenvalue weighted by molar-refractivity contribution is 5.89. The molecule has 2 amide bonds. The predicted octanol–water partition coefficient (Wildman–Crippen LogP) is 3.72. The van der Waals surface area contributed by atoms with Crippen molar-refractivity contribution in [2.45, 2.75) is 12.5 Å². The van der Waals surface area contributed by atoms with Gasteiger partial charge in [-0.3, -0.25) is 0 Å². The SMILES string of the molecule is C#CCC(NC(=O)Nc1ccc(OC)c(F)c1)c1ccccc1. The monoisotopic (exact) mass is 312 g/mol. The van der Waals surface area contributed by atoms with Gasteiger partial charge in [-0.1, -0.05) is 30.3 Å². The number of anilines is 1. The molecule has 2 rings (SSSR count). The fourth-order valence-corrected chi connectivity index (χ4v) is 2.12. The van der Waals surface area contributed by atoms with E-state index in [1.165, 1.54) is 19.2 Å². The van der Waals surface area contributed by atoms with E-state index in [1.807, 2.05) is 30.3 Å². The molecule has 0 radical (unpaired) electrons. The van der Waals surface area contributed by atoms with E-state index < -0.39 is 11.8 Å². The Labute approximate surface area is 134 Å². The lowest BCUT2D eigenvalue weighted by Gasteiger charge is -2.17. The largest absolute Gasteiger partial charge is 0.494 e. The quantitative estimate of drug-likeness (QED) is 0.827. The molecule has 0 aromatic heterocycles. The third kappa shape index (κ3) is 4.48. The second-order valence-corrected chi connectivity index (χ2v) is 4.82. The Hall–Kier alpha value is -3.00. The molecular weight excluding hydrogens is 295 g/mol. The van der Waals surface area contributed by atoms with Crippen molar-refractivity contribution < 1.29 is 13.9 Å². The Kier molecular flexibility index (Phi) is 5.59. The number of nitrogens with one attached hydrogen (secondary N) is 2. The first-order valence-electron chi connectivity index (χ1n) is 7.03. The molecule has 0 saturated carbocycles. The summed E-state index contributed by atoms with van der Waals surface area (Å²) in [5.74, 6) is 2.11. The maximum atomic E-state index is 13.6. The van der Waals surface area contributed by atoms with Gasteiger partial charge in [0.25, 0.3) is 0 Å². The van der Waals surface area contributed by atoms with Crippen molar-refractivity contribution >= 4 is 11.7 Å². The Balaban J connectivity index is 2.05. The lowest BCUT2D eigenvalue weighted by atomic mass is 10.0. The summed E-state index contributed by atoms with van der Waals surface area (Å²) in [6, 6.07) is 12.8. The number of methoxy groups -OCH3 is 1. The minimum Gasteiger partial charge on any atom is -0.494 e. The fraction of sp³-hybridized carbons (Fsp3) is 0.167. The molecule has 0 aliphatic carbocycles. The molecule has 1 atom stereocenters. The van der Waals surface area contributed by atoms with Crippen molar-refractivity contribution in [1.82, 2.24) is 5.32 Å². The van der Waals surface area contributed by atoms with Crippen LogP contribution in [-0.4, -0.2) is 13.1 Å². The van der Waals surface area contributed by atoms with Crippen LogP contribution in [0.1, 0.15) is 18.0 Å². The number of carbonyl (C=O) groups is 1. The van der Waals surface area contributed by atoms with Crippen molar-refractivity contribution in [1.29, 1.82) is 0 Å². The van der Waals surface area contributed by atoms with Crippen LogP contribution in [0.2, 0.25) is 0 Å². The van der Waals surface area contributed by atoms with Gasteiger partial charge >= 0.3 is 6.03 Å². The molecule has 0 heterocycles. The van der Waals surface area contributed by atoms with E-state index in [9.17, 15) is 9.18 Å². The van der Waals surface area contributed by atoms with E-state index in [0.29, 0.717) is 12.1 Å². The summed E-state index contributed by atoms with van der Waals surface area (Å²) < 4.78 is 18.5. The van der Waals surface area contributed by atoms with Crippen molar-refractivity contribution in [3.05, 3.63) is 59.9 Å². The van der Waals surface area contributed by atoms with E-state index >= 15 is 0 Å². The average Bonchev–Trinajstić information content (AvgIpc) is 2.55.